The van der Waals surface area contributed by atoms with E-state index in [1.54, 1.807) is 0 Å². The number of anilines is 1. The zero-order chi connectivity index (χ0) is 16.7. The number of rotatable bonds is 2. The topological polar surface area (TPSA) is 25.4 Å². The largest absolute Gasteiger partial charge is 0.416 e. The van der Waals surface area contributed by atoms with Crippen molar-refractivity contribution in [2.75, 3.05) is 24.6 Å². The first-order valence-corrected chi connectivity index (χ1v) is 9.17. The molecule has 0 bridgehead atoms. The molecule has 3 heterocycles. The molecule has 2 fully saturated rings. The summed E-state index contributed by atoms with van der Waals surface area (Å²) in [6.07, 6.45) is 0.522. The molecule has 2 aliphatic rings. The van der Waals surface area contributed by atoms with Crippen LogP contribution in [-0.2, 0) is 10.9 Å². The van der Waals surface area contributed by atoms with Gasteiger partial charge in [-0.05, 0) is 49.8 Å². The van der Waals surface area contributed by atoms with Gasteiger partial charge in [-0.2, -0.15) is 13.2 Å². The summed E-state index contributed by atoms with van der Waals surface area (Å²) in [6.45, 7) is 2.68. The number of alkyl halides is 3. The lowest BCUT2D eigenvalue weighted by molar-refractivity contribution is -0.137. The van der Waals surface area contributed by atoms with Crippen LogP contribution in [-0.4, -0.2) is 30.8 Å². The normalized spacial score (nSPS) is 23.3. The van der Waals surface area contributed by atoms with Gasteiger partial charge in [-0.3, -0.25) is 0 Å². The van der Waals surface area contributed by atoms with E-state index in [2.05, 4.69) is 9.88 Å². The third-order valence-electron chi connectivity index (χ3n) is 5.00. The minimum Gasteiger partial charge on any atom is -0.378 e. The van der Waals surface area contributed by atoms with E-state index in [0.717, 1.165) is 67.3 Å². The van der Waals surface area contributed by atoms with Crippen LogP contribution in [0.25, 0.3) is 10.2 Å². The second-order valence-corrected chi connectivity index (χ2v) is 7.56. The van der Waals surface area contributed by atoms with Gasteiger partial charge in [0.1, 0.15) is 0 Å². The molecule has 130 valence electrons. The maximum absolute atomic E-state index is 12.8. The van der Waals surface area contributed by atoms with Crippen LogP contribution in [0.5, 0.6) is 0 Å². The van der Waals surface area contributed by atoms with Crippen LogP contribution in [0.15, 0.2) is 18.2 Å². The number of benzene rings is 1. The van der Waals surface area contributed by atoms with Crippen LogP contribution >= 0.6 is 11.3 Å². The lowest BCUT2D eigenvalue weighted by Crippen LogP contribution is -2.37. The Hall–Kier alpha value is -1.34. The van der Waals surface area contributed by atoms with Crippen molar-refractivity contribution in [1.82, 2.24) is 4.98 Å². The molecule has 1 aromatic carbocycles. The van der Waals surface area contributed by atoms with Gasteiger partial charge in [0.2, 0.25) is 0 Å². The predicted octanol–water partition coefficient (Wildman–Crippen LogP) is 4.71. The Morgan fingerprint density at radius 1 is 1.17 bits per heavy atom. The SMILES string of the molecule is FC(F)(F)c1ccc2sc(N3CCC(C4CCCO4)CC3)nc2c1. The van der Waals surface area contributed by atoms with E-state index in [4.69, 9.17) is 4.74 Å². The van der Waals surface area contributed by atoms with Crippen molar-refractivity contribution in [3.63, 3.8) is 0 Å². The van der Waals surface area contributed by atoms with E-state index in [1.165, 1.54) is 17.4 Å². The predicted molar refractivity (Wildman–Crippen MR) is 88.5 cm³/mol. The number of hydrogen-bond donors (Lipinski definition) is 0. The van der Waals surface area contributed by atoms with E-state index < -0.39 is 11.7 Å². The summed E-state index contributed by atoms with van der Waals surface area (Å²) in [7, 11) is 0. The van der Waals surface area contributed by atoms with Gasteiger partial charge in [-0.15, -0.1) is 0 Å². The third kappa shape index (κ3) is 3.11. The van der Waals surface area contributed by atoms with Crippen LogP contribution < -0.4 is 4.90 Å². The Bertz CT molecular complexity index is 716. The van der Waals surface area contributed by atoms with Gasteiger partial charge in [0.15, 0.2) is 5.13 Å². The second-order valence-electron chi connectivity index (χ2n) is 6.55. The van der Waals surface area contributed by atoms with Crippen molar-refractivity contribution in [2.24, 2.45) is 5.92 Å². The average Bonchev–Trinajstić information content (AvgIpc) is 3.23. The molecule has 1 aromatic heterocycles. The molecule has 24 heavy (non-hydrogen) atoms. The Labute approximate surface area is 142 Å². The minimum absolute atomic E-state index is 0.400. The van der Waals surface area contributed by atoms with E-state index in [1.807, 2.05) is 0 Å². The van der Waals surface area contributed by atoms with Gasteiger partial charge >= 0.3 is 6.18 Å². The van der Waals surface area contributed by atoms with E-state index in [-0.39, 0.29) is 0 Å². The number of hydrogen-bond acceptors (Lipinski definition) is 4. The van der Waals surface area contributed by atoms with Crippen LogP contribution in [0.2, 0.25) is 0 Å². The number of halogens is 3. The molecule has 2 aromatic rings. The summed E-state index contributed by atoms with van der Waals surface area (Å²) < 4.78 is 45.1. The highest BCUT2D eigenvalue weighted by molar-refractivity contribution is 7.22. The molecule has 3 nitrogen and oxygen atoms in total. The fourth-order valence-corrected chi connectivity index (χ4v) is 4.66. The van der Waals surface area contributed by atoms with Crippen LogP contribution in [0.4, 0.5) is 18.3 Å². The van der Waals surface area contributed by atoms with Crippen molar-refractivity contribution in [3.8, 4) is 0 Å². The molecule has 1 atom stereocenters. The Morgan fingerprint density at radius 2 is 1.96 bits per heavy atom. The summed E-state index contributed by atoms with van der Waals surface area (Å²) in [5.74, 6) is 0.606. The molecule has 7 heteroatoms. The fraction of sp³-hybridized carbons (Fsp3) is 0.588. The Balaban J connectivity index is 1.48. The summed E-state index contributed by atoms with van der Waals surface area (Å²) in [5.41, 5.74) is -0.199. The standard InChI is InChI=1S/C17H19F3N2OS/c18-17(19,20)12-3-4-15-13(10-12)21-16(24-15)22-7-5-11(6-8-22)14-2-1-9-23-14/h3-4,10-11,14H,1-2,5-9H2. The van der Waals surface area contributed by atoms with Crippen molar-refractivity contribution < 1.29 is 17.9 Å². The van der Waals surface area contributed by atoms with Gasteiger partial charge in [-0.1, -0.05) is 11.3 Å². The maximum atomic E-state index is 12.8. The molecule has 0 N–H and O–H groups in total. The zero-order valence-corrected chi connectivity index (χ0v) is 14.0. The van der Waals surface area contributed by atoms with Gasteiger partial charge in [0.05, 0.1) is 21.9 Å². The first-order chi connectivity index (χ1) is 11.5. The van der Waals surface area contributed by atoms with Crippen molar-refractivity contribution in [3.05, 3.63) is 23.8 Å². The Kier molecular flexibility index (Phi) is 4.16. The minimum atomic E-state index is -4.32. The summed E-state index contributed by atoms with van der Waals surface area (Å²) in [6, 6.07) is 3.81. The van der Waals surface area contributed by atoms with E-state index >= 15 is 0 Å². The van der Waals surface area contributed by atoms with Gasteiger partial charge in [0, 0.05) is 19.7 Å². The molecule has 0 radical (unpaired) electrons. The summed E-state index contributed by atoms with van der Waals surface area (Å²) in [4.78, 5) is 6.64. The molecule has 4 rings (SSSR count). The first-order valence-electron chi connectivity index (χ1n) is 8.35. The zero-order valence-electron chi connectivity index (χ0n) is 13.2. The number of nitrogens with zero attached hydrogens (tertiary/aromatic N) is 2. The van der Waals surface area contributed by atoms with E-state index in [9.17, 15) is 13.2 Å². The highest BCUT2D eigenvalue weighted by atomic mass is 32.1. The monoisotopic (exact) mass is 356 g/mol. The first kappa shape index (κ1) is 16.1. The molecule has 2 aliphatic heterocycles. The molecular weight excluding hydrogens is 337 g/mol. The lowest BCUT2D eigenvalue weighted by Gasteiger charge is -2.34. The van der Waals surface area contributed by atoms with Gasteiger partial charge in [-0.25, -0.2) is 4.98 Å². The molecule has 2 saturated heterocycles. The van der Waals surface area contributed by atoms with Gasteiger partial charge in [0.25, 0.3) is 0 Å². The average molecular weight is 356 g/mol. The van der Waals surface area contributed by atoms with Crippen molar-refractivity contribution in [2.45, 2.75) is 38.0 Å². The Morgan fingerprint density at radius 3 is 2.62 bits per heavy atom. The molecule has 0 saturated carbocycles. The quantitative estimate of drug-likeness (QED) is 0.779. The second kappa shape index (κ2) is 6.19. The van der Waals surface area contributed by atoms with Crippen molar-refractivity contribution >= 4 is 26.7 Å². The number of aromatic nitrogens is 1. The third-order valence-corrected chi connectivity index (χ3v) is 6.10. The van der Waals surface area contributed by atoms with Crippen LogP contribution in [0, 0.1) is 5.92 Å². The smallest absolute Gasteiger partial charge is 0.378 e. The molecule has 0 aliphatic carbocycles. The maximum Gasteiger partial charge on any atom is 0.416 e. The number of fused-ring (bicyclic) bond motifs is 1. The van der Waals surface area contributed by atoms with E-state index in [0.29, 0.717) is 17.5 Å². The fourth-order valence-electron chi connectivity index (χ4n) is 3.66. The highest BCUT2D eigenvalue weighted by Gasteiger charge is 2.32. The van der Waals surface area contributed by atoms with Crippen molar-refractivity contribution in [1.29, 1.82) is 0 Å². The molecular formula is C17H19F3N2OS. The summed E-state index contributed by atoms with van der Waals surface area (Å²) in [5, 5.41) is 0.829. The molecule has 0 spiro atoms. The van der Waals surface area contributed by atoms with Crippen LogP contribution in [0.1, 0.15) is 31.2 Å². The van der Waals surface area contributed by atoms with Crippen LogP contribution in [0.3, 0.4) is 0 Å². The van der Waals surface area contributed by atoms with Gasteiger partial charge < -0.3 is 9.64 Å². The number of ether oxygens (including phenoxy) is 1. The number of thiazole rings is 1. The number of piperidine rings is 1. The molecule has 1 unspecified atom stereocenters. The lowest BCUT2D eigenvalue weighted by atomic mass is 9.90. The molecule has 0 amide bonds. The summed E-state index contributed by atoms with van der Waals surface area (Å²) >= 11 is 1.47. The highest BCUT2D eigenvalue weighted by Crippen LogP contribution is 2.37.